The fraction of sp³-hybridized carbons (Fsp3) is 0.438. The quantitative estimate of drug-likeness (QED) is 0.886. The first kappa shape index (κ1) is 14.4. The van der Waals surface area contributed by atoms with Crippen LogP contribution in [0.2, 0.25) is 5.02 Å². The number of aromatic nitrogens is 1. The van der Waals surface area contributed by atoms with E-state index in [1.165, 1.54) is 18.4 Å². The van der Waals surface area contributed by atoms with Crippen LogP contribution < -0.4 is 10.2 Å². The highest BCUT2D eigenvalue weighted by Gasteiger charge is 2.21. The highest BCUT2D eigenvalue weighted by atomic mass is 35.5. The van der Waals surface area contributed by atoms with Gasteiger partial charge in [0.2, 0.25) is 0 Å². The van der Waals surface area contributed by atoms with E-state index in [0.29, 0.717) is 6.04 Å². The molecule has 3 rings (SSSR count). The second-order valence-corrected chi connectivity index (χ2v) is 6.02. The van der Waals surface area contributed by atoms with Gasteiger partial charge in [-0.1, -0.05) is 11.6 Å². The number of aryl methyl sites for hydroxylation is 1. The first-order valence-electron chi connectivity index (χ1n) is 7.26. The number of furan rings is 1. The number of nitrogens with one attached hydrogen (secondary N) is 1. The van der Waals surface area contributed by atoms with Gasteiger partial charge in [0.05, 0.1) is 17.0 Å². The fourth-order valence-corrected chi connectivity index (χ4v) is 2.42. The Morgan fingerprint density at radius 2 is 2.19 bits per heavy atom. The van der Waals surface area contributed by atoms with Crippen molar-refractivity contribution in [3.05, 3.63) is 46.5 Å². The van der Waals surface area contributed by atoms with E-state index in [2.05, 4.69) is 15.2 Å². The van der Waals surface area contributed by atoms with Crippen molar-refractivity contribution in [2.45, 2.75) is 38.9 Å². The van der Waals surface area contributed by atoms with Crippen LogP contribution in [0.1, 0.15) is 29.9 Å². The fourth-order valence-electron chi connectivity index (χ4n) is 2.25. The van der Waals surface area contributed by atoms with Gasteiger partial charge in [-0.3, -0.25) is 0 Å². The first-order valence-corrected chi connectivity index (χ1v) is 7.64. The van der Waals surface area contributed by atoms with E-state index in [0.717, 1.165) is 35.4 Å². The second kappa shape index (κ2) is 6.08. The summed E-state index contributed by atoms with van der Waals surface area (Å²) in [6.45, 7) is 3.48. The molecule has 21 heavy (non-hydrogen) atoms. The van der Waals surface area contributed by atoms with Gasteiger partial charge in [0.1, 0.15) is 11.6 Å². The van der Waals surface area contributed by atoms with E-state index in [9.17, 15) is 0 Å². The van der Waals surface area contributed by atoms with Crippen LogP contribution in [0.3, 0.4) is 0 Å². The minimum absolute atomic E-state index is 0.651. The molecule has 0 spiro atoms. The number of pyridine rings is 1. The molecule has 0 atom stereocenters. The normalized spacial score (nSPS) is 14.4. The molecular weight excluding hydrogens is 286 g/mol. The van der Waals surface area contributed by atoms with Gasteiger partial charge < -0.3 is 14.6 Å². The number of halogens is 1. The lowest BCUT2D eigenvalue weighted by atomic mass is 10.2. The van der Waals surface area contributed by atoms with Crippen molar-refractivity contribution in [1.82, 2.24) is 10.3 Å². The number of nitrogens with zero attached hydrogens (tertiary/aromatic N) is 2. The lowest BCUT2D eigenvalue weighted by molar-refractivity contribution is 0.529. The molecule has 0 bridgehead atoms. The van der Waals surface area contributed by atoms with E-state index < -0.39 is 0 Å². The Balaban J connectivity index is 1.71. The molecule has 0 amide bonds. The van der Waals surface area contributed by atoms with Gasteiger partial charge in [0.25, 0.3) is 0 Å². The molecule has 0 aliphatic heterocycles. The Labute approximate surface area is 130 Å². The van der Waals surface area contributed by atoms with Crippen LogP contribution in [0, 0.1) is 6.92 Å². The minimum atomic E-state index is 0.651. The van der Waals surface area contributed by atoms with Crippen molar-refractivity contribution < 1.29 is 4.42 Å². The summed E-state index contributed by atoms with van der Waals surface area (Å²) in [6, 6.07) is 6.53. The van der Waals surface area contributed by atoms with Crippen molar-refractivity contribution in [3.8, 4) is 0 Å². The third-order valence-corrected chi connectivity index (χ3v) is 4.15. The molecule has 1 fully saturated rings. The standard InChI is InChI=1S/C16H20ClN3O/c1-11-12(7-8-21-11)10-20(2)16-6-5-14(17)15(19-16)9-18-13-3-4-13/h5-8,13,18H,3-4,9-10H2,1-2H3. The maximum absolute atomic E-state index is 6.24. The van der Waals surface area contributed by atoms with Gasteiger partial charge >= 0.3 is 0 Å². The lowest BCUT2D eigenvalue weighted by Gasteiger charge is -2.19. The van der Waals surface area contributed by atoms with E-state index in [-0.39, 0.29) is 0 Å². The highest BCUT2D eigenvalue weighted by molar-refractivity contribution is 6.31. The minimum Gasteiger partial charge on any atom is -0.469 e. The van der Waals surface area contributed by atoms with Gasteiger partial charge in [0, 0.05) is 31.7 Å². The summed E-state index contributed by atoms with van der Waals surface area (Å²) in [6.07, 6.45) is 4.24. The van der Waals surface area contributed by atoms with E-state index in [4.69, 9.17) is 16.0 Å². The first-order chi connectivity index (χ1) is 10.1. The monoisotopic (exact) mass is 305 g/mol. The molecule has 0 radical (unpaired) electrons. The summed E-state index contributed by atoms with van der Waals surface area (Å²) in [7, 11) is 2.03. The van der Waals surface area contributed by atoms with Crippen LogP contribution in [0.15, 0.2) is 28.9 Å². The molecular formula is C16H20ClN3O. The number of hydrogen-bond donors (Lipinski definition) is 1. The molecule has 2 aromatic heterocycles. The van der Waals surface area contributed by atoms with Gasteiger partial charge in [-0.25, -0.2) is 4.98 Å². The summed E-state index contributed by atoms with van der Waals surface area (Å²) in [5, 5.41) is 4.18. The molecule has 1 aliphatic carbocycles. The third kappa shape index (κ3) is 3.57. The molecule has 0 aromatic carbocycles. The zero-order valence-corrected chi connectivity index (χ0v) is 13.2. The SMILES string of the molecule is Cc1occc1CN(C)c1ccc(Cl)c(CNC2CC2)n1. The predicted octanol–water partition coefficient (Wildman–Crippen LogP) is 3.52. The lowest BCUT2D eigenvalue weighted by Crippen LogP contribution is -2.20. The highest BCUT2D eigenvalue weighted by Crippen LogP contribution is 2.23. The number of hydrogen-bond acceptors (Lipinski definition) is 4. The van der Waals surface area contributed by atoms with Crippen molar-refractivity contribution >= 4 is 17.4 Å². The molecule has 0 saturated heterocycles. The Morgan fingerprint density at radius 1 is 1.38 bits per heavy atom. The van der Waals surface area contributed by atoms with Crippen molar-refractivity contribution in [2.75, 3.05) is 11.9 Å². The van der Waals surface area contributed by atoms with Gasteiger partial charge in [-0.2, -0.15) is 0 Å². The second-order valence-electron chi connectivity index (χ2n) is 5.61. The molecule has 2 heterocycles. The average molecular weight is 306 g/mol. The zero-order valence-electron chi connectivity index (χ0n) is 12.4. The smallest absolute Gasteiger partial charge is 0.129 e. The molecule has 4 nitrogen and oxygen atoms in total. The van der Waals surface area contributed by atoms with Crippen LogP contribution >= 0.6 is 11.6 Å². The zero-order chi connectivity index (χ0) is 14.8. The largest absolute Gasteiger partial charge is 0.469 e. The van der Waals surface area contributed by atoms with Crippen molar-refractivity contribution in [1.29, 1.82) is 0 Å². The summed E-state index contributed by atoms with van der Waals surface area (Å²) < 4.78 is 5.34. The van der Waals surface area contributed by atoms with Gasteiger partial charge in [-0.05, 0) is 38.0 Å². The van der Waals surface area contributed by atoms with Crippen LogP contribution in [0.4, 0.5) is 5.82 Å². The molecule has 2 aromatic rings. The summed E-state index contributed by atoms with van der Waals surface area (Å²) in [5.41, 5.74) is 2.09. The Kier molecular flexibility index (Phi) is 4.17. The molecule has 5 heteroatoms. The summed E-state index contributed by atoms with van der Waals surface area (Å²) in [4.78, 5) is 6.79. The van der Waals surface area contributed by atoms with E-state index in [1.807, 2.05) is 32.2 Å². The predicted molar refractivity (Wildman–Crippen MR) is 84.7 cm³/mol. The van der Waals surface area contributed by atoms with E-state index in [1.54, 1.807) is 6.26 Å². The third-order valence-electron chi connectivity index (χ3n) is 3.80. The maximum atomic E-state index is 6.24. The summed E-state index contributed by atoms with van der Waals surface area (Å²) >= 11 is 6.24. The van der Waals surface area contributed by atoms with Crippen LogP contribution in [0.25, 0.3) is 0 Å². The van der Waals surface area contributed by atoms with E-state index >= 15 is 0 Å². The number of rotatable bonds is 6. The van der Waals surface area contributed by atoms with Crippen LogP contribution in [-0.4, -0.2) is 18.1 Å². The molecule has 1 aliphatic rings. The average Bonchev–Trinajstić information content (AvgIpc) is 3.22. The molecule has 1 saturated carbocycles. The van der Waals surface area contributed by atoms with Crippen LogP contribution in [0.5, 0.6) is 0 Å². The molecule has 0 unspecified atom stereocenters. The van der Waals surface area contributed by atoms with Gasteiger partial charge in [0.15, 0.2) is 0 Å². The Bertz CT molecular complexity index is 622. The van der Waals surface area contributed by atoms with Crippen molar-refractivity contribution in [3.63, 3.8) is 0 Å². The van der Waals surface area contributed by atoms with Gasteiger partial charge in [-0.15, -0.1) is 0 Å². The topological polar surface area (TPSA) is 41.3 Å². The summed E-state index contributed by atoms with van der Waals surface area (Å²) in [5.74, 6) is 1.87. The number of anilines is 1. The molecule has 112 valence electrons. The maximum Gasteiger partial charge on any atom is 0.129 e. The van der Waals surface area contributed by atoms with Crippen LogP contribution in [-0.2, 0) is 13.1 Å². The molecule has 1 N–H and O–H groups in total. The van der Waals surface area contributed by atoms with Crippen molar-refractivity contribution in [2.24, 2.45) is 0 Å². The Morgan fingerprint density at radius 3 is 2.86 bits per heavy atom. The Hall–Kier alpha value is -1.52.